The lowest BCUT2D eigenvalue weighted by atomic mass is 10.1. The van der Waals surface area contributed by atoms with E-state index in [0.717, 1.165) is 0 Å². The zero-order valence-electron chi connectivity index (χ0n) is 12.0. The Labute approximate surface area is 117 Å². The maximum atomic E-state index is 11.9. The van der Waals surface area contributed by atoms with Crippen molar-refractivity contribution < 1.29 is 24.3 Å². The van der Waals surface area contributed by atoms with Gasteiger partial charge in [-0.15, -0.1) is 0 Å². The Kier molecular flexibility index (Phi) is 5.12. The van der Waals surface area contributed by atoms with Crippen LogP contribution in [0.4, 0.5) is 4.79 Å². The SMILES string of the molecule is C=CCOC(=O)C1CN(C(=O)OC(C)(C)C)C/C1=N\O. The standard InChI is InChI=1S/C13H20N2O5/c1-5-6-19-11(16)9-7-15(8-10(9)14-18)12(17)20-13(2,3)4/h5,9,18H,1,6-8H2,2-4H3/b14-10+. The van der Waals surface area contributed by atoms with Crippen LogP contribution in [0.1, 0.15) is 20.8 Å². The molecule has 0 radical (unpaired) electrons. The molecular formula is C13H20N2O5. The van der Waals surface area contributed by atoms with Crippen LogP contribution in [0.3, 0.4) is 0 Å². The summed E-state index contributed by atoms with van der Waals surface area (Å²) in [6.07, 6.45) is 0.881. The molecule has 0 aromatic heterocycles. The first kappa shape index (κ1) is 16.0. The Morgan fingerprint density at radius 3 is 2.70 bits per heavy atom. The highest BCUT2D eigenvalue weighted by Gasteiger charge is 2.39. The van der Waals surface area contributed by atoms with Gasteiger partial charge < -0.3 is 19.6 Å². The lowest BCUT2D eigenvalue weighted by Gasteiger charge is -2.23. The van der Waals surface area contributed by atoms with Gasteiger partial charge in [0.2, 0.25) is 0 Å². The van der Waals surface area contributed by atoms with Crippen molar-refractivity contribution in [2.45, 2.75) is 26.4 Å². The monoisotopic (exact) mass is 284 g/mol. The van der Waals surface area contributed by atoms with E-state index in [2.05, 4.69) is 11.7 Å². The third-order valence-corrected chi connectivity index (χ3v) is 2.57. The molecule has 1 amide bonds. The number of ether oxygens (including phenoxy) is 2. The summed E-state index contributed by atoms with van der Waals surface area (Å²) in [6.45, 7) is 8.87. The summed E-state index contributed by atoms with van der Waals surface area (Å²) in [7, 11) is 0. The highest BCUT2D eigenvalue weighted by atomic mass is 16.6. The average molecular weight is 284 g/mol. The molecule has 1 unspecified atom stereocenters. The molecule has 0 spiro atoms. The van der Waals surface area contributed by atoms with Crippen LogP contribution in [-0.4, -0.2) is 53.2 Å². The number of carbonyl (C=O) groups is 2. The quantitative estimate of drug-likeness (QED) is 0.366. The van der Waals surface area contributed by atoms with Crippen molar-refractivity contribution in [2.75, 3.05) is 19.7 Å². The van der Waals surface area contributed by atoms with Crippen LogP contribution < -0.4 is 0 Å². The average Bonchev–Trinajstić information content (AvgIpc) is 2.78. The Morgan fingerprint density at radius 2 is 2.20 bits per heavy atom. The summed E-state index contributed by atoms with van der Waals surface area (Å²) < 4.78 is 10.1. The molecule has 7 nitrogen and oxygen atoms in total. The summed E-state index contributed by atoms with van der Waals surface area (Å²) in [5.74, 6) is -1.32. The van der Waals surface area contributed by atoms with Crippen molar-refractivity contribution in [2.24, 2.45) is 11.1 Å². The van der Waals surface area contributed by atoms with Crippen molar-refractivity contribution in [3.8, 4) is 0 Å². The van der Waals surface area contributed by atoms with Crippen LogP contribution >= 0.6 is 0 Å². The van der Waals surface area contributed by atoms with Crippen molar-refractivity contribution in [1.29, 1.82) is 0 Å². The van der Waals surface area contributed by atoms with E-state index in [1.807, 2.05) is 0 Å². The van der Waals surface area contributed by atoms with Gasteiger partial charge in [0.05, 0.1) is 12.3 Å². The minimum Gasteiger partial charge on any atom is -0.461 e. The van der Waals surface area contributed by atoms with E-state index in [9.17, 15) is 9.59 Å². The summed E-state index contributed by atoms with van der Waals surface area (Å²) >= 11 is 0. The minimum absolute atomic E-state index is 0.0409. The van der Waals surface area contributed by atoms with E-state index >= 15 is 0 Å². The Balaban J connectivity index is 2.70. The number of hydrogen-bond donors (Lipinski definition) is 1. The molecule has 1 atom stereocenters. The second kappa shape index (κ2) is 6.40. The number of oxime groups is 1. The predicted molar refractivity (Wildman–Crippen MR) is 71.7 cm³/mol. The number of carbonyl (C=O) groups excluding carboxylic acids is 2. The Bertz CT molecular complexity index is 425. The predicted octanol–water partition coefficient (Wildman–Crippen LogP) is 1.41. The topological polar surface area (TPSA) is 88.4 Å². The van der Waals surface area contributed by atoms with Gasteiger partial charge in [-0.1, -0.05) is 17.8 Å². The molecule has 1 rings (SSSR count). The number of hydrogen-bond acceptors (Lipinski definition) is 6. The molecular weight excluding hydrogens is 264 g/mol. The summed E-state index contributed by atoms with van der Waals surface area (Å²) in [5, 5.41) is 12.0. The van der Waals surface area contributed by atoms with Crippen molar-refractivity contribution in [1.82, 2.24) is 4.90 Å². The first-order valence-corrected chi connectivity index (χ1v) is 6.24. The molecule has 1 fully saturated rings. The zero-order valence-corrected chi connectivity index (χ0v) is 12.0. The first-order chi connectivity index (χ1) is 9.28. The molecule has 0 saturated carbocycles. The van der Waals surface area contributed by atoms with Crippen molar-refractivity contribution in [3.05, 3.63) is 12.7 Å². The normalized spacial score (nSPS) is 20.9. The van der Waals surface area contributed by atoms with Crippen LogP contribution in [-0.2, 0) is 14.3 Å². The van der Waals surface area contributed by atoms with Gasteiger partial charge in [-0.05, 0) is 20.8 Å². The van der Waals surface area contributed by atoms with E-state index in [-0.39, 0.29) is 25.4 Å². The van der Waals surface area contributed by atoms with Gasteiger partial charge in [0.15, 0.2) is 0 Å². The van der Waals surface area contributed by atoms with E-state index in [4.69, 9.17) is 14.7 Å². The molecule has 0 aromatic rings. The van der Waals surface area contributed by atoms with Crippen LogP contribution in [0.25, 0.3) is 0 Å². The molecule has 1 heterocycles. The fourth-order valence-corrected chi connectivity index (χ4v) is 1.72. The van der Waals surface area contributed by atoms with E-state index < -0.39 is 23.6 Å². The molecule has 7 heteroatoms. The largest absolute Gasteiger partial charge is 0.461 e. The fraction of sp³-hybridized carbons (Fsp3) is 0.615. The second-order valence-electron chi connectivity index (χ2n) is 5.42. The Hall–Kier alpha value is -2.05. The summed E-state index contributed by atoms with van der Waals surface area (Å²) in [5.41, 5.74) is -0.445. The molecule has 0 aromatic carbocycles. The van der Waals surface area contributed by atoms with Crippen LogP contribution in [0.5, 0.6) is 0 Å². The number of nitrogens with zero attached hydrogens (tertiary/aromatic N) is 2. The lowest BCUT2D eigenvalue weighted by Crippen LogP contribution is -2.36. The number of esters is 1. The van der Waals surface area contributed by atoms with Gasteiger partial charge in [-0.3, -0.25) is 4.79 Å². The van der Waals surface area contributed by atoms with Gasteiger partial charge >= 0.3 is 12.1 Å². The molecule has 1 saturated heterocycles. The molecule has 1 N–H and O–H groups in total. The molecule has 0 aliphatic carbocycles. The van der Waals surface area contributed by atoms with Crippen LogP contribution in [0.15, 0.2) is 17.8 Å². The van der Waals surface area contributed by atoms with Crippen molar-refractivity contribution in [3.63, 3.8) is 0 Å². The zero-order chi connectivity index (χ0) is 15.3. The summed E-state index contributed by atoms with van der Waals surface area (Å²) in [4.78, 5) is 25.0. The van der Waals surface area contributed by atoms with Crippen LogP contribution in [0.2, 0.25) is 0 Å². The lowest BCUT2D eigenvalue weighted by molar-refractivity contribution is -0.144. The molecule has 1 aliphatic rings. The maximum Gasteiger partial charge on any atom is 0.410 e. The smallest absolute Gasteiger partial charge is 0.410 e. The third kappa shape index (κ3) is 4.25. The van der Waals surface area contributed by atoms with Gasteiger partial charge in [-0.25, -0.2) is 4.79 Å². The highest BCUT2D eigenvalue weighted by Crippen LogP contribution is 2.19. The van der Waals surface area contributed by atoms with E-state index in [1.165, 1.54) is 11.0 Å². The molecule has 1 aliphatic heterocycles. The second-order valence-corrected chi connectivity index (χ2v) is 5.42. The van der Waals surface area contributed by atoms with Gasteiger partial charge in [-0.2, -0.15) is 0 Å². The van der Waals surface area contributed by atoms with Gasteiger partial charge in [0, 0.05) is 6.54 Å². The third-order valence-electron chi connectivity index (χ3n) is 2.57. The number of rotatable bonds is 3. The van der Waals surface area contributed by atoms with E-state index in [1.54, 1.807) is 20.8 Å². The number of amides is 1. The fourth-order valence-electron chi connectivity index (χ4n) is 1.72. The van der Waals surface area contributed by atoms with E-state index in [0.29, 0.717) is 0 Å². The first-order valence-electron chi connectivity index (χ1n) is 6.24. The maximum absolute atomic E-state index is 11.9. The Morgan fingerprint density at radius 1 is 1.55 bits per heavy atom. The van der Waals surface area contributed by atoms with Crippen LogP contribution in [0, 0.1) is 5.92 Å². The minimum atomic E-state index is -0.771. The van der Waals surface area contributed by atoms with Crippen molar-refractivity contribution >= 4 is 17.8 Å². The summed E-state index contributed by atoms with van der Waals surface area (Å²) in [6, 6.07) is 0. The number of likely N-dealkylation sites (tertiary alicyclic amines) is 1. The van der Waals surface area contributed by atoms with Gasteiger partial charge in [0.1, 0.15) is 18.1 Å². The molecule has 112 valence electrons. The highest BCUT2D eigenvalue weighted by molar-refractivity contribution is 6.06. The molecule has 0 bridgehead atoms. The molecule has 20 heavy (non-hydrogen) atoms. The van der Waals surface area contributed by atoms with Gasteiger partial charge in [0.25, 0.3) is 0 Å².